The second-order valence-electron chi connectivity index (χ2n) is 7.67. The van der Waals surface area contributed by atoms with Crippen LogP contribution in [0.5, 0.6) is 5.75 Å². The molecule has 0 radical (unpaired) electrons. The number of ether oxygens (including phenoxy) is 1. The number of para-hydroxylation sites is 1. The summed E-state index contributed by atoms with van der Waals surface area (Å²) >= 11 is 1.69. The number of hydrogen-bond acceptors (Lipinski definition) is 5. The summed E-state index contributed by atoms with van der Waals surface area (Å²) in [6.07, 6.45) is 3.13. The molecule has 0 saturated heterocycles. The molecule has 1 N–H and O–H groups in total. The van der Waals surface area contributed by atoms with E-state index >= 15 is 4.39 Å². The lowest BCUT2D eigenvalue weighted by Gasteiger charge is -2.39. The normalized spacial score (nSPS) is 18.8. The first-order valence-corrected chi connectivity index (χ1v) is 11.5. The van der Waals surface area contributed by atoms with E-state index in [4.69, 9.17) is 4.74 Å². The van der Waals surface area contributed by atoms with Crippen LogP contribution >= 0.6 is 11.8 Å². The van der Waals surface area contributed by atoms with Crippen molar-refractivity contribution >= 4 is 23.4 Å². The average Bonchev–Trinajstić information content (AvgIpc) is 3.31. The van der Waals surface area contributed by atoms with E-state index < -0.39 is 12.1 Å². The van der Waals surface area contributed by atoms with Crippen LogP contribution in [0.1, 0.15) is 28.8 Å². The quantitative estimate of drug-likeness (QED) is 0.413. The predicted octanol–water partition coefficient (Wildman–Crippen LogP) is 5.70. The van der Waals surface area contributed by atoms with Gasteiger partial charge in [-0.25, -0.2) is 9.07 Å². The third-order valence-electron chi connectivity index (χ3n) is 5.94. The average molecular weight is 443 g/mol. The van der Waals surface area contributed by atoms with Gasteiger partial charge >= 0.3 is 0 Å². The van der Waals surface area contributed by atoms with Gasteiger partial charge in [-0.15, -0.1) is 11.8 Å². The highest BCUT2D eigenvalue weighted by Crippen LogP contribution is 2.50. The van der Waals surface area contributed by atoms with Crippen LogP contribution in [0, 0.1) is 5.82 Å². The summed E-state index contributed by atoms with van der Waals surface area (Å²) in [6.45, 7) is 0. The van der Waals surface area contributed by atoms with E-state index in [-0.39, 0.29) is 5.82 Å². The van der Waals surface area contributed by atoms with Crippen molar-refractivity contribution in [2.45, 2.75) is 17.0 Å². The molecule has 0 bridgehead atoms. The van der Waals surface area contributed by atoms with Crippen molar-refractivity contribution < 1.29 is 9.13 Å². The summed E-state index contributed by atoms with van der Waals surface area (Å²) in [5.74, 6) is 1.06. The second-order valence-corrected chi connectivity index (χ2v) is 8.55. The van der Waals surface area contributed by atoms with Crippen LogP contribution in [-0.4, -0.2) is 21.0 Å². The Labute approximate surface area is 189 Å². The molecule has 0 amide bonds. The van der Waals surface area contributed by atoms with Crippen molar-refractivity contribution in [1.29, 1.82) is 0 Å². The highest BCUT2D eigenvalue weighted by atomic mass is 32.2. The Hall–Kier alpha value is -3.58. The minimum absolute atomic E-state index is 0.289. The lowest BCUT2D eigenvalue weighted by Crippen LogP contribution is -2.32. The van der Waals surface area contributed by atoms with Gasteiger partial charge in [-0.05, 0) is 42.2 Å². The zero-order valence-corrected chi connectivity index (χ0v) is 18.0. The van der Waals surface area contributed by atoms with E-state index in [1.807, 2.05) is 30.3 Å². The molecule has 2 atom stereocenters. The first kappa shape index (κ1) is 19.1. The Morgan fingerprint density at radius 3 is 2.59 bits per heavy atom. The lowest BCUT2D eigenvalue weighted by molar-refractivity contribution is 0.222. The fraction of sp³-hybridized carbons (Fsp3) is 0.120. The molecular formula is C25H19FN4OS. The van der Waals surface area contributed by atoms with Gasteiger partial charge in [-0.1, -0.05) is 42.5 Å². The van der Waals surface area contributed by atoms with E-state index in [0.29, 0.717) is 11.5 Å². The predicted molar refractivity (Wildman–Crippen MR) is 123 cm³/mol. The number of rotatable bonds is 3. The molecule has 2 aliphatic rings. The minimum Gasteiger partial charge on any atom is -0.480 e. The SMILES string of the molecule is CSc1ccc(C2Oc3ccccc3C3=C2C(c2ccccc2F)n2ncnc2N3)cc1. The third kappa shape index (κ3) is 2.92. The molecule has 0 saturated carbocycles. The molecule has 3 heterocycles. The Bertz CT molecular complexity index is 1350. The van der Waals surface area contributed by atoms with E-state index in [9.17, 15) is 0 Å². The number of benzene rings is 3. The first-order chi connectivity index (χ1) is 15.7. The summed E-state index contributed by atoms with van der Waals surface area (Å²) in [7, 11) is 0. The van der Waals surface area contributed by atoms with E-state index in [1.54, 1.807) is 28.6 Å². The molecule has 0 spiro atoms. The molecule has 5 nitrogen and oxygen atoms in total. The van der Waals surface area contributed by atoms with Crippen molar-refractivity contribution in [3.05, 3.63) is 107 Å². The Balaban J connectivity index is 1.62. The number of fused-ring (bicyclic) bond motifs is 3. The molecule has 0 aliphatic carbocycles. The van der Waals surface area contributed by atoms with E-state index in [0.717, 1.165) is 28.1 Å². The van der Waals surface area contributed by atoms with Crippen LogP contribution in [-0.2, 0) is 0 Å². The molecular weight excluding hydrogens is 423 g/mol. The zero-order valence-electron chi connectivity index (χ0n) is 17.2. The number of halogens is 1. The molecule has 7 heteroatoms. The maximum absolute atomic E-state index is 15.1. The molecule has 4 aromatic rings. The van der Waals surface area contributed by atoms with Crippen LogP contribution in [0.3, 0.4) is 0 Å². The smallest absolute Gasteiger partial charge is 0.226 e. The van der Waals surface area contributed by atoms with Gasteiger partial charge in [-0.2, -0.15) is 10.1 Å². The fourth-order valence-electron chi connectivity index (χ4n) is 4.47. The van der Waals surface area contributed by atoms with E-state index in [2.05, 4.69) is 45.9 Å². The Morgan fingerprint density at radius 2 is 1.78 bits per heavy atom. The van der Waals surface area contributed by atoms with Crippen LogP contribution in [0.25, 0.3) is 5.70 Å². The monoisotopic (exact) mass is 442 g/mol. The van der Waals surface area contributed by atoms with E-state index in [1.165, 1.54) is 17.3 Å². The summed E-state index contributed by atoms with van der Waals surface area (Å²) in [6, 6.07) is 22.5. The molecule has 1 aromatic heterocycles. The first-order valence-electron chi connectivity index (χ1n) is 10.3. The Morgan fingerprint density at radius 1 is 1.00 bits per heavy atom. The van der Waals surface area contributed by atoms with Crippen LogP contribution in [0.2, 0.25) is 0 Å². The lowest BCUT2D eigenvalue weighted by atomic mass is 9.84. The molecule has 158 valence electrons. The number of aromatic nitrogens is 3. The van der Waals surface area contributed by atoms with Gasteiger partial charge in [0.25, 0.3) is 0 Å². The van der Waals surface area contributed by atoms with Crippen molar-refractivity contribution in [2.24, 2.45) is 0 Å². The maximum Gasteiger partial charge on any atom is 0.226 e. The number of thioether (sulfide) groups is 1. The zero-order chi connectivity index (χ0) is 21.7. The van der Waals surface area contributed by atoms with Gasteiger partial charge in [0.1, 0.15) is 30.0 Å². The second kappa shape index (κ2) is 7.53. The number of nitrogens with one attached hydrogen (secondary N) is 1. The van der Waals surface area contributed by atoms with Gasteiger partial charge in [0.15, 0.2) is 0 Å². The summed E-state index contributed by atoms with van der Waals surface area (Å²) in [5.41, 5.74) is 4.25. The largest absolute Gasteiger partial charge is 0.480 e. The van der Waals surface area contributed by atoms with Gasteiger partial charge in [0.05, 0.1) is 5.70 Å². The number of nitrogens with zero attached hydrogens (tertiary/aromatic N) is 3. The standard InChI is InChI=1S/C25H19FN4OS/c1-32-16-12-10-15(11-13-16)24-21-22(18-7-3-5-9-20(18)31-24)29-25-27-14-28-30(25)23(21)17-6-2-4-8-19(17)26/h2-14,23-24H,1H3,(H,27,28,29). The topological polar surface area (TPSA) is 52.0 Å². The molecule has 2 aliphatic heterocycles. The van der Waals surface area contributed by atoms with Crippen LogP contribution in [0.15, 0.2) is 89.6 Å². The minimum atomic E-state index is -0.497. The fourth-order valence-corrected chi connectivity index (χ4v) is 4.88. The molecule has 3 aromatic carbocycles. The highest BCUT2D eigenvalue weighted by Gasteiger charge is 2.41. The van der Waals surface area contributed by atoms with Gasteiger partial charge in [0.2, 0.25) is 5.95 Å². The van der Waals surface area contributed by atoms with Crippen LogP contribution in [0.4, 0.5) is 10.3 Å². The summed E-state index contributed by atoms with van der Waals surface area (Å²) in [5, 5.41) is 7.88. The maximum atomic E-state index is 15.1. The highest BCUT2D eigenvalue weighted by molar-refractivity contribution is 7.98. The summed E-state index contributed by atoms with van der Waals surface area (Å²) in [4.78, 5) is 5.56. The van der Waals surface area contributed by atoms with Gasteiger partial charge in [0, 0.05) is 21.6 Å². The van der Waals surface area contributed by atoms with Gasteiger partial charge < -0.3 is 10.1 Å². The third-order valence-corrected chi connectivity index (χ3v) is 6.68. The number of anilines is 1. The number of hydrogen-bond donors (Lipinski definition) is 1. The molecule has 0 fully saturated rings. The summed E-state index contributed by atoms with van der Waals surface area (Å²) < 4.78 is 23.4. The van der Waals surface area contributed by atoms with Gasteiger partial charge in [-0.3, -0.25) is 0 Å². The van der Waals surface area contributed by atoms with Crippen molar-refractivity contribution in [3.8, 4) is 5.75 Å². The molecule has 2 unspecified atom stereocenters. The molecule has 32 heavy (non-hydrogen) atoms. The van der Waals surface area contributed by atoms with Crippen LogP contribution < -0.4 is 10.1 Å². The van der Waals surface area contributed by atoms with Crippen molar-refractivity contribution in [2.75, 3.05) is 11.6 Å². The molecule has 6 rings (SSSR count). The van der Waals surface area contributed by atoms with Crippen molar-refractivity contribution in [1.82, 2.24) is 14.8 Å². The Kier molecular flexibility index (Phi) is 4.50. The van der Waals surface area contributed by atoms with Crippen molar-refractivity contribution in [3.63, 3.8) is 0 Å².